The van der Waals surface area contributed by atoms with Crippen LogP contribution in [0.25, 0.3) is 0 Å². The molecule has 4 heterocycles. The summed E-state index contributed by atoms with van der Waals surface area (Å²) in [4.78, 5) is 19.1. The minimum Gasteiger partial charge on any atom is -0.339 e. The van der Waals surface area contributed by atoms with Gasteiger partial charge >= 0.3 is 0 Å². The van der Waals surface area contributed by atoms with Gasteiger partial charge in [0.2, 0.25) is 5.91 Å². The van der Waals surface area contributed by atoms with Crippen molar-refractivity contribution in [2.24, 2.45) is 11.8 Å². The monoisotopic (exact) mass is 321 g/mol. The molecule has 0 aromatic heterocycles. The number of rotatable bonds is 2. The van der Waals surface area contributed by atoms with E-state index in [0.717, 1.165) is 38.5 Å². The summed E-state index contributed by atoms with van der Waals surface area (Å²) >= 11 is 1.94. The van der Waals surface area contributed by atoms with Gasteiger partial charge in [-0.25, -0.2) is 0 Å². The van der Waals surface area contributed by atoms with Crippen LogP contribution in [0.5, 0.6) is 0 Å². The van der Waals surface area contributed by atoms with Crippen molar-refractivity contribution in [3.63, 3.8) is 0 Å². The third kappa shape index (κ3) is 2.95. The lowest BCUT2D eigenvalue weighted by Gasteiger charge is -2.38. The van der Waals surface area contributed by atoms with Gasteiger partial charge in [0.25, 0.3) is 0 Å². The van der Waals surface area contributed by atoms with Crippen LogP contribution >= 0.6 is 11.8 Å². The van der Waals surface area contributed by atoms with Crippen LogP contribution in [-0.2, 0) is 4.79 Å². The Hall–Kier alpha value is -0.520. The van der Waals surface area contributed by atoms with Crippen LogP contribution in [0.4, 0.5) is 0 Å². The number of allylic oxidation sites excluding steroid dienone is 1. The third-order valence-electron chi connectivity index (χ3n) is 5.75. The molecule has 0 spiro atoms. The summed E-state index contributed by atoms with van der Waals surface area (Å²) in [5.74, 6) is 2.21. The van der Waals surface area contributed by atoms with Crippen molar-refractivity contribution in [1.82, 2.24) is 15.1 Å². The topological polar surface area (TPSA) is 35.6 Å². The summed E-state index contributed by atoms with van der Waals surface area (Å²) < 4.78 is 0. The molecule has 0 saturated carbocycles. The molecular weight excluding hydrogens is 294 g/mol. The van der Waals surface area contributed by atoms with E-state index in [2.05, 4.69) is 21.2 Å². The standard InChI is InChI=1S/C17H27N3OS/c21-17(20-9-8-19-7-1-2-15(19)11-20)14-10-16(22-12-14)13-3-5-18-6-4-13/h10,13-15,18H,1-9,11-12H2/t14?,15-/m0/s1. The molecule has 0 aromatic rings. The summed E-state index contributed by atoms with van der Waals surface area (Å²) in [6.07, 6.45) is 7.37. The van der Waals surface area contributed by atoms with Gasteiger partial charge < -0.3 is 10.2 Å². The number of piperazine rings is 1. The number of carbonyl (C=O) groups is 1. The molecule has 4 aliphatic heterocycles. The van der Waals surface area contributed by atoms with E-state index in [-0.39, 0.29) is 5.92 Å². The van der Waals surface area contributed by atoms with Crippen molar-refractivity contribution in [3.8, 4) is 0 Å². The van der Waals surface area contributed by atoms with Gasteiger partial charge in [-0.2, -0.15) is 0 Å². The van der Waals surface area contributed by atoms with Crippen LogP contribution < -0.4 is 5.32 Å². The molecule has 0 aromatic carbocycles. The Morgan fingerprint density at radius 2 is 2.05 bits per heavy atom. The molecule has 0 bridgehead atoms. The van der Waals surface area contributed by atoms with Crippen molar-refractivity contribution in [2.45, 2.75) is 31.7 Å². The van der Waals surface area contributed by atoms with Crippen LogP contribution in [0, 0.1) is 11.8 Å². The molecule has 0 radical (unpaired) electrons. The fourth-order valence-corrected chi connectivity index (χ4v) is 5.75. The highest BCUT2D eigenvalue weighted by molar-refractivity contribution is 8.03. The molecule has 3 fully saturated rings. The second-order valence-electron chi connectivity index (χ2n) is 7.13. The lowest BCUT2D eigenvalue weighted by molar-refractivity contribution is -0.135. The Bertz CT molecular complexity index is 461. The normalized spacial score (nSPS) is 33.8. The van der Waals surface area contributed by atoms with E-state index in [9.17, 15) is 4.79 Å². The predicted molar refractivity (Wildman–Crippen MR) is 90.8 cm³/mol. The zero-order valence-electron chi connectivity index (χ0n) is 13.3. The number of hydrogen-bond donors (Lipinski definition) is 1. The van der Waals surface area contributed by atoms with Crippen molar-refractivity contribution >= 4 is 17.7 Å². The van der Waals surface area contributed by atoms with Gasteiger partial charge in [0.15, 0.2) is 0 Å². The molecule has 4 rings (SSSR count). The number of thioether (sulfide) groups is 1. The van der Waals surface area contributed by atoms with E-state index in [1.807, 2.05) is 11.8 Å². The molecule has 2 atom stereocenters. The van der Waals surface area contributed by atoms with Crippen LogP contribution in [0.2, 0.25) is 0 Å². The minimum absolute atomic E-state index is 0.142. The Balaban J connectivity index is 1.37. The molecule has 122 valence electrons. The maximum atomic E-state index is 12.9. The van der Waals surface area contributed by atoms with Gasteiger partial charge in [-0.3, -0.25) is 9.69 Å². The molecule has 22 heavy (non-hydrogen) atoms. The molecule has 3 saturated heterocycles. The quantitative estimate of drug-likeness (QED) is 0.837. The molecular formula is C17H27N3OS. The van der Waals surface area contributed by atoms with Crippen molar-refractivity contribution in [3.05, 3.63) is 11.0 Å². The fourth-order valence-electron chi connectivity index (χ4n) is 4.41. The SMILES string of the molecule is O=C(C1C=C(C2CCNCC2)SC1)N1CCN2CCC[C@H]2C1. The largest absolute Gasteiger partial charge is 0.339 e. The predicted octanol–water partition coefficient (Wildman–Crippen LogP) is 1.54. The van der Waals surface area contributed by atoms with E-state index in [4.69, 9.17) is 0 Å². The molecule has 4 nitrogen and oxygen atoms in total. The number of fused-ring (bicyclic) bond motifs is 1. The number of piperidine rings is 1. The maximum absolute atomic E-state index is 12.9. The van der Waals surface area contributed by atoms with Gasteiger partial charge in [-0.1, -0.05) is 6.08 Å². The molecule has 0 aliphatic carbocycles. The van der Waals surface area contributed by atoms with Gasteiger partial charge in [-0.15, -0.1) is 11.8 Å². The van der Waals surface area contributed by atoms with Gasteiger partial charge in [-0.05, 0) is 56.1 Å². The van der Waals surface area contributed by atoms with E-state index in [1.54, 1.807) is 0 Å². The summed E-state index contributed by atoms with van der Waals surface area (Å²) in [7, 11) is 0. The van der Waals surface area contributed by atoms with Crippen molar-refractivity contribution in [2.75, 3.05) is 45.0 Å². The second kappa shape index (κ2) is 6.54. The van der Waals surface area contributed by atoms with E-state index < -0.39 is 0 Å². The van der Waals surface area contributed by atoms with Crippen molar-refractivity contribution in [1.29, 1.82) is 0 Å². The first-order chi connectivity index (χ1) is 10.8. The highest BCUT2D eigenvalue weighted by Crippen LogP contribution is 2.39. The first kappa shape index (κ1) is 15.0. The summed E-state index contributed by atoms with van der Waals surface area (Å²) in [5, 5.41) is 3.43. The maximum Gasteiger partial charge on any atom is 0.230 e. The van der Waals surface area contributed by atoms with Crippen LogP contribution in [-0.4, -0.2) is 66.8 Å². The number of nitrogens with one attached hydrogen (secondary N) is 1. The first-order valence-corrected chi connectivity index (χ1v) is 9.88. The molecule has 1 N–H and O–H groups in total. The van der Waals surface area contributed by atoms with E-state index >= 15 is 0 Å². The average molecular weight is 321 g/mol. The van der Waals surface area contributed by atoms with Crippen molar-refractivity contribution < 1.29 is 4.79 Å². The van der Waals surface area contributed by atoms with Crippen LogP contribution in [0.15, 0.2) is 11.0 Å². The zero-order chi connectivity index (χ0) is 14.9. The van der Waals surface area contributed by atoms with Crippen LogP contribution in [0.3, 0.4) is 0 Å². The molecule has 4 aliphatic rings. The lowest BCUT2D eigenvalue weighted by atomic mass is 9.95. The number of hydrogen-bond acceptors (Lipinski definition) is 4. The average Bonchev–Trinajstić information content (AvgIpc) is 3.23. The molecule has 1 unspecified atom stereocenters. The first-order valence-electron chi connectivity index (χ1n) is 8.89. The summed E-state index contributed by atoms with van der Waals surface area (Å²) in [6, 6.07) is 0.639. The van der Waals surface area contributed by atoms with Gasteiger partial charge in [0.1, 0.15) is 0 Å². The van der Waals surface area contributed by atoms with E-state index in [0.29, 0.717) is 17.9 Å². The Kier molecular flexibility index (Phi) is 4.47. The Morgan fingerprint density at radius 3 is 2.91 bits per heavy atom. The molecule has 5 heteroatoms. The zero-order valence-corrected chi connectivity index (χ0v) is 14.1. The Morgan fingerprint density at radius 1 is 1.18 bits per heavy atom. The summed E-state index contributed by atoms with van der Waals surface area (Å²) in [6.45, 7) is 6.49. The lowest BCUT2D eigenvalue weighted by Crippen LogP contribution is -2.53. The fraction of sp³-hybridized carbons (Fsp3) is 0.824. The summed E-state index contributed by atoms with van der Waals surface area (Å²) in [5.41, 5.74) is 0. The van der Waals surface area contributed by atoms with Gasteiger partial charge in [0.05, 0.1) is 5.92 Å². The third-order valence-corrected chi connectivity index (χ3v) is 7.08. The number of amides is 1. The molecule has 1 amide bonds. The minimum atomic E-state index is 0.142. The van der Waals surface area contributed by atoms with E-state index in [1.165, 1.54) is 37.1 Å². The smallest absolute Gasteiger partial charge is 0.230 e. The highest BCUT2D eigenvalue weighted by atomic mass is 32.2. The highest BCUT2D eigenvalue weighted by Gasteiger charge is 2.36. The van der Waals surface area contributed by atoms with Crippen LogP contribution in [0.1, 0.15) is 25.7 Å². The van der Waals surface area contributed by atoms with Gasteiger partial charge in [0, 0.05) is 31.4 Å². The Labute approximate surface area is 137 Å². The number of nitrogens with zero attached hydrogens (tertiary/aromatic N) is 2. The number of carbonyl (C=O) groups excluding carboxylic acids is 1. The second-order valence-corrected chi connectivity index (χ2v) is 8.22.